The van der Waals surface area contributed by atoms with Gasteiger partial charge in [-0.15, -0.1) is 0 Å². The van der Waals surface area contributed by atoms with Crippen LogP contribution < -0.4 is 0 Å². The Morgan fingerprint density at radius 3 is 2.34 bits per heavy atom. The third-order valence-electron chi connectivity index (χ3n) is 5.83. The summed E-state index contributed by atoms with van der Waals surface area (Å²) in [7, 11) is 0. The van der Waals surface area contributed by atoms with E-state index in [1.54, 1.807) is 30.3 Å². The van der Waals surface area contributed by atoms with E-state index in [2.05, 4.69) is 0 Å². The molecule has 1 saturated heterocycles. The highest BCUT2D eigenvalue weighted by molar-refractivity contribution is 6.42. The second-order valence-corrected chi connectivity index (χ2v) is 8.79. The van der Waals surface area contributed by atoms with Gasteiger partial charge in [0.25, 0.3) is 17.7 Å². The molecule has 2 aromatic carbocycles. The summed E-state index contributed by atoms with van der Waals surface area (Å²) in [6, 6.07) is 12.7. The van der Waals surface area contributed by atoms with E-state index in [0.29, 0.717) is 18.4 Å². The first-order chi connectivity index (χ1) is 15.3. The van der Waals surface area contributed by atoms with Crippen molar-refractivity contribution in [1.29, 1.82) is 0 Å². The van der Waals surface area contributed by atoms with Crippen molar-refractivity contribution < 1.29 is 19.2 Å². The number of nitrogens with zero attached hydrogens (tertiary/aromatic N) is 2. The van der Waals surface area contributed by atoms with Crippen LogP contribution in [0.15, 0.2) is 60.2 Å². The van der Waals surface area contributed by atoms with E-state index < -0.39 is 41.9 Å². The van der Waals surface area contributed by atoms with Gasteiger partial charge in [0.1, 0.15) is 6.54 Å². The van der Waals surface area contributed by atoms with Crippen LogP contribution in [0.4, 0.5) is 0 Å². The van der Waals surface area contributed by atoms with Gasteiger partial charge in [0.15, 0.2) is 5.78 Å². The molecule has 1 aliphatic carbocycles. The number of carbonyl (C=O) groups excluding carboxylic acids is 4. The molecule has 32 heavy (non-hydrogen) atoms. The number of imide groups is 1. The van der Waals surface area contributed by atoms with Crippen LogP contribution in [0.3, 0.4) is 0 Å². The molecule has 0 aromatic heterocycles. The van der Waals surface area contributed by atoms with Gasteiger partial charge in [-0.3, -0.25) is 19.2 Å². The highest BCUT2D eigenvalue weighted by Crippen LogP contribution is 2.38. The number of hydrogen-bond acceptors (Lipinski definition) is 4. The van der Waals surface area contributed by atoms with Crippen LogP contribution in [-0.4, -0.2) is 40.1 Å². The molecule has 3 amide bonds. The van der Waals surface area contributed by atoms with Crippen molar-refractivity contribution in [2.45, 2.75) is 19.8 Å². The van der Waals surface area contributed by atoms with Crippen molar-refractivity contribution in [3.05, 3.63) is 81.4 Å². The fraction of sp³-hybridized carbons (Fsp3) is 0.250. The molecular formula is C24H20Cl2N2O4. The molecule has 0 saturated carbocycles. The second-order valence-electron chi connectivity index (χ2n) is 7.97. The topological polar surface area (TPSA) is 74.8 Å². The molecule has 1 heterocycles. The van der Waals surface area contributed by atoms with Crippen LogP contribution in [0.5, 0.6) is 0 Å². The number of Topliss-reactive ketones (excluding diaryl/α,β-unsaturated/α-hetero) is 1. The first kappa shape index (κ1) is 22.2. The summed E-state index contributed by atoms with van der Waals surface area (Å²) in [6.07, 6.45) is 2.82. The summed E-state index contributed by atoms with van der Waals surface area (Å²) in [5, 5.41) is 2.20. The predicted octanol–water partition coefficient (Wildman–Crippen LogP) is 4.57. The third kappa shape index (κ3) is 4.08. The van der Waals surface area contributed by atoms with E-state index >= 15 is 0 Å². The van der Waals surface area contributed by atoms with E-state index in [1.807, 2.05) is 13.0 Å². The van der Waals surface area contributed by atoms with Crippen LogP contribution in [0.1, 0.15) is 40.5 Å². The fourth-order valence-electron chi connectivity index (χ4n) is 4.12. The molecule has 0 N–H and O–H groups in total. The number of hydrazine groups is 1. The van der Waals surface area contributed by atoms with Crippen LogP contribution >= 0.6 is 23.2 Å². The third-order valence-corrected chi connectivity index (χ3v) is 6.57. The molecule has 164 valence electrons. The van der Waals surface area contributed by atoms with Gasteiger partial charge >= 0.3 is 0 Å². The van der Waals surface area contributed by atoms with E-state index in [4.69, 9.17) is 23.2 Å². The van der Waals surface area contributed by atoms with Crippen LogP contribution in [0, 0.1) is 11.8 Å². The summed E-state index contributed by atoms with van der Waals surface area (Å²) in [5.41, 5.74) is 1.51. The lowest BCUT2D eigenvalue weighted by Gasteiger charge is -2.30. The minimum absolute atomic E-state index is 0.116. The van der Waals surface area contributed by atoms with Gasteiger partial charge in [-0.2, -0.15) is 5.01 Å². The molecule has 1 aliphatic heterocycles. The summed E-state index contributed by atoms with van der Waals surface area (Å²) >= 11 is 12.0. The molecule has 0 radical (unpaired) electrons. The number of hydrogen-bond donors (Lipinski definition) is 0. The van der Waals surface area contributed by atoms with Gasteiger partial charge in [0.2, 0.25) is 0 Å². The normalized spacial score (nSPS) is 20.1. The lowest BCUT2D eigenvalue weighted by atomic mass is 9.82. The lowest BCUT2D eigenvalue weighted by Crippen LogP contribution is -2.52. The van der Waals surface area contributed by atoms with Gasteiger partial charge in [0, 0.05) is 11.1 Å². The van der Waals surface area contributed by atoms with Gasteiger partial charge < -0.3 is 0 Å². The number of ketones is 1. The maximum atomic E-state index is 13.4. The van der Waals surface area contributed by atoms with Gasteiger partial charge in [-0.05, 0) is 38.0 Å². The molecule has 0 spiro atoms. The number of fused-ring (bicyclic) bond motifs is 1. The van der Waals surface area contributed by atoms with Gasteiger partial charge in [-0.1, -0.05) is 65.2 Å². The smallest absolute Gasteiger partial charge is 0.273 e. The number of allylic oxidation sites excluding steroid dienone is 2. The van der Waals surface area contributed by atoms with Crippen LogP contribution in [-0.2, 0) is 9.59 Å². The molecule has 4 rings (SSSR count). The van der Waals surface area contributed by atoms with E-state index in [9.17, 15) is 19.2 Å². The number of halogens is 2. The molecule has 2 aliphatic rings. The minimum Gasteiger partial charge on any atom is -0.292 e. The average Bonchev–Trinajstić information content (AvgIpc) is 3.03. The van der Waals surface area contributed by atoms with Gasteiger partial charge in [-0.25, -0.2) is 5.01 Å². The number of carbonyl (C=O) groups is 4. The Bertz CT molecular complexity index is 1150. The predicted molar refractivity (Wildman–Crippen MR) is 120 cm³/mol. The minimum atomic E-state index is -0.683. The zero-order valence-corrected chi connectivity index (χ0v) is 18.8. The zero-order valence-electron chi connectivity index (χ0n) is 17.3. The summed E-state index contributed by atoms with van der Waals surface area (Å²) in [5.74, 6) is -3.10. The first-order valence-corrected chi connectivity index (χ1v) is 10.9. The molecule has 6 nitrogen and oxygen atoms in total. The van der Waals surface area contributed by atoms with E-state index in [0.717, 1.165) is 15.6 Å². The van der Waals surface area contributed by atoms with Crippen molar-refractivity contribution in [2.75, 3.05) is 6.54 Å². The van der Waals surface area contributed by atoms with Crippen molar-refractivity contribution in [3.8, 4) is 0 Å². The highest BCUT2D eigenvalue weighted by atomic mass is 35.5. The summed E-state index contributed by atoms with van der Waals surface area (Å²) < 4.78 is 0. The summed E-state index contributed by atoms with van der Waals surface area (Å²) in [6.45, 7) is 1.45. The number of amides is 3. The Balaban J connectivity index is 1.71. The second kappa shape index (κ2) is 8.88. The maximum absolute atomic E-state index is 13.4. The van der Waals surface area contributed by atoms with Crippen molar-refractivity contribution in [2.24, 2.45) is 11.8 Å². The largest absolute Gasteiger partial charge is 0.292 e. The Labute approximate surface area is 195 Å². The molecule has 8 heteroatoms. The molecule has 0 bridgehead atoms. The maximum Gasteiger partial charge on any atom is 0.273 e. The Morgan fingerprint density at radius 1 is 0.969 bits per heavy atom. The van der Waals surface area contributed by atoms with Crippen molar-refractivity contribution in [1.82, 2.24) is 10.0 Å². The Morgan fingerprint density at radius 2 is 1.66 bits per heavy atom. The standard InChI is InChI=1S/C24H20Cl2N2O4/c1-14-7-9-17-18(11-14)24(32)28(23(17)31)27(13-21(29)15-5-3-2-4-6-15)22(30)16-8-10-19(25)20(26)12-16/h2-8,10,12,17-18H,9,11,13H2,1H3/t17-,18+/m1/s1. The highest BCUT2D eigenvalue weighted by Gasteiger charge is 2.51. The molecule has 2 aromatic rings. The zero-order chi connectivity index (χ0) is 23.0. The summed E-state index contributed by atoms with van der Waals surface area (Å²) in [4.78, 5) is 52.8. The van der Waals surface area contributed by atoms with Crippen LogP contribution in [0.2, 0.25) is 10.0 Å². The monoisotopic (exact) mass is 470 g/mol. The lowest BCUT2D eigenvalue weighted by molar-refractivity contribution is -0.154. The first-order valence-electron chi connectivity index (χ1n) is 10.2. The Kier molecular flexibility index (Phi) is 6.17. The van der Waals surface area contributed by atoms with E-state index in [1.165, 1.54) is 18.2 Å². The molecule has 1 fully saturated rings. The van der Waals surface area contributed by atoms with Crippen LogP contribution in [0.25, 0.3) is 0 Å². The Hall–Kier alpha value is -2.96. The fourth-order valence-corrected chi connectivity index (χ4v) is 4.42. The SMILES string of the molecule is CC1=CC[C@H]2C(=O)N(N(CC(=O)c3ccccc3)C(=O)c3ccc(Cl)c(Cl)c3)C(=O)[C@H]2C1. The number of benzene rings is 2. The van der Waals surface area contributed by atoms with E-state index in [-0.39, 0.29) is 15.6 Å². The molecule has 2 atom stereocenters. The van der Waals surface area contributed by atoms with Gasteiger partial charge in [0.05, 0.1) is 21.9 Å². The number of rotatable bonds is 5. The molecular weight excluding hydrogens is 451 g/mol. The van der Waals surface area contributed by atoms with Crippen molar-refractivity contribution >= 4 is 46.7 Å². The van der Waals surface area contributed by atoms with Crippen molar-refractivity contribution in [3.63, 3.8) is 0 Å². The quantitative estimate of drug-likeness (QED) is 0.364. The molecule has 0 unspecified atom stereocenters. The average molecular weight is 471 g/mol.